The van der Waals surface area contributed by atoms with Crippen LogP contribution in [-0.4, -0.2) is 31.7 Å². The molecule has 1 atom stereocenters. The average molecular weight is 323 g/mol. The standard InChI is InChI=1S/C16H20ClFN4/c1-16(9-12-4-5-13(17)14(18)8-12)6-3-7-22(16)10-15-20-19-11-21(15)2/h4-5,8,11H,3,6-7,9-10H2,1-2H3. The van der Waals surface area contributed by atoms with Crippen molar-refractivity contribution in [1.82, 2.24) is 19.7 Å². The van der Waals surface area contributed by atoms with Crippen LogP contribution in [-0.2, 0) is 20.0 Å². The fourth-order valence-electron chi connectivity index (χ4n) is 3.26. The minimum atomic E-state index is -0.347. The van der Waals surface area contributed by atoms with Gasteiger partial charge in [-0.2, -0.15) is 0 Å². The Morgan fingerprint density at radius 2 is 2.23 bits per heavy atom. The van der Waals surface area contributed by atoms with E-state index in [0.29, 0.717) is 0 Å². The molecule has 1 unspecified atom stereocenters. The van der Waals surface area contributed by atoms with Gasteiger partial charge in [0.2, 0.25) is 0 Å². The fraction of sp³-hybridized carbons (Fsp3) is 0.500. The third-order valence-corrected chi connectivity index (χ3v) is 4.92. The normalized spacial score (nSPS) is 22.4. The van der Waals surface area contributed by atoms with Crippen molar-refractivity contribution in [3.05, 3.63) is 46.8 Å². The number of aromatic nitrogens is 3. The van der Waals surface area contributed by atoms with Crippen molar-refractivity contribution >= 4 is 11.6 Å². The van der Waals surface area contributed by atoms with Crippen LogP contribution in [0.3, 0.4) is 0 Å². The number of hydrogen-bond acceptors (Lipinski definition) is 3. The first-order valence-electron chi connectivity index (χ1n) is 7.50. The summed E-state index contributed by atoms with van der Waals surface area (Å²) in [6.45, 7) is 4.03. The second-order valence-corrected chi connectivity index (χ2v) is 6.71. The maximum absolute atomic E-state index is 13.7. The summed E-state index contributed by atoms with van der Waals surface area (Å²) in [6, 6.07) is 5.10. The largest absolute Gasteiger partial charge is 0.320 e. The van der Waals surface area contributed by atoms with Crippen molar-refractivity contribution in [1.29, 1.82) is 0 Å². The molecule has 0 spiro atoms. The molecule has 4 nitrogen and oxygen atoms in total. The van der Waals surface area contributed by atoms with Crippen LogP contribution in [0.2, 0.25) is 5.02 Å². The van der Waals surface area contributed by atoms with Gasteiger partial charge < -0.3 is 4.57 Å². The van der Waals surface area contributed by atoms with Gasteiger partial charge in [-0.05, 0) is 50.4 Å². The molecule has 1 aliphatic rings. The summed E-state index contributed by atoms with van der Waals surface area (Å²) in [6.07, 6.45) is 4.76. The number of benzene rings is 1. The van der Waals surface area contributed by atoms with E-state index in [-0.39, 0.29) is 16.4 Å². The van der Waals surface area contributed by atoms with Gasteiger partial charge in [0.15, 0.2) is 0 Å². The Balaban J connectivity index is 1.77. The van der Waals surface area contributed by atoms with Crippen molar-refractivity contribution in [2.24, 2.45) is 7.05 Å². The van der Waals surface area contributed by atoms with Gasteiger partial charge in [-0.3, -0.25) is 4.90 Å². The molecule has 118 valence electrons. The van der Waals surface area contributed by atoms with Crippen LogP contribution in [0.4, 0.5) is 4.39 Å². The zero-order valence-electron chi connectivity index (χ0n) is 12.9. The molecule has 2 aromatic rings. The average Bonchev–Trinajstić information content (AvgIpc) is 3.02. The molecule has 1 fully saturated rings. The second-order valence-electron chi connectivity index (χ2n) is 6.31. The molecule has 0 N–H and O–H groups in total. The number of nitrogens with zero attached hydrogens (tertiary/aromatic N) is 4. The molecule has 22 heavy (non-hydrogen) atoms. The third kappa shape index (κ3) is 3.01. The zero-order chi connectivity index (χ0) is 15.7. The summed E-state index contributed by atoms with van der Waals surface area (Å²) in [7, 11) is 1.96. The van der Waals surface area contributed by atoms with Crippen LogP contribution in [0.5, 0.6) is 0 Å². The van der Waals surface area contributed by atoms with E-state index in [1.165, 1.54) is 0 Å². The molecule has 0 amide bonds. The van der Waals surface area contributed by atoms with Crippen LogP contribution < -0.4 is 0 Å². The zero-order valence-corrected chi connectivity index (χ0v) is 13.6. The molecule has 3 rings (SSSR count). The van der Waals surface area contributed by atoms with E-state index < -0.39 is 0 Å². The molecule has 0 bridgehead atoms. The first-order valence-corrected chi connectivity index (χ1v) is 7.88. The van der Waals surface area contributed by atoms with Crippen molar-refractivity contribution < 1.29 is 4.39 Å². The van der Waals surface area contributed by atoms with Crippen molar-refractivity contribution in [2.45, 2.75) is 38.3 Å². The van der Waals surface area contributed by atoms with Gasteiger partial charge >= 0.3 is 0 Å². The number of halogens is 2. The summed E-state index contributed by atoms with van der Waals surface area (Å²) in [4.78, 5) is 2.42. The lowest BCUT2D eigenvalue weighted by molar-refractivity contribution is 0.142. The Morgan fingerprint density at radius 3 is 2.91 bits per heavy atom. The number of hydrogen-bond donors (Lipinski definition) is 0. The summed E-state index contributed by atoms with van der Waals surface area (Å²) < 4.78 is 15.6. The third-order valence-electron chi connectivity index (χ3n) is 4.61. The van der Waals surface area contributed by atoms with E-state index >= 15 is 0 Å². The lowest BCUT2D eigenvalue weighted by Gasteiger charge is -2.35. The maximum atomic E-state index is 13.7. The van der Waals surface area contributed by atoms with Crippen LogP contribution in [0, 0.1) is 5.82 Å². The van der Waals surface area contributed by atoms with Crippen molar-refractivity contribution in [3.8, 4) is 0 Å². The lowest BCUT2D eigenvalue weighted by Crippen LogP contribution is -2.42. The predicted octanol–water partition coefficient (Wildman–Crippen LogP) is 3.20. The van der Waals surface area contributed by atoms with Gasteiger partial charge in [-0.15, -0.1) is 10.2 Å². The topological polar surface area (TPSA) is 34.0 Å². The van der Waals surface area contributed by atoms with E-state index in [1.54, 1.807) is 18.5 Å². The molecule has 0 radical (unpaired) electrons. The molecule has 6 heteroatoms. The Hall–Kier alpha value is -1.46. The molecule has 1 saturated heterocycles. The Bertz CT molecular complexity index is 672. The molecule has 0 aliphatic carbocycles. The lowest BCUT2D eigenvalue weighted by atomic mass is 9.90. The summed E-state index contributed by atoms with van der Waals surface area (Å²) >= 11 is 5.77. The molecule has 2 heterocycles. The van der Waals surface area contributed by atoms with Gasteiger partial charge in [0.1, 0.15) is 18.0 Å². The first kappa shape index (κ1) is 15.4. The van der Waals surface area contributed by atoms with Gasteiger partial charge in [-0.25, -0.2) is 4.39 Å². The molecule has 0 saturated carbocycles. The van der Waals surface area contributed by atoms with Crippen molar-refractivity contribution in [3.63, 3.8) is 0 Å². The minimum Gasteiger partial charge on any atom is -0.320 e. The molecule has 1 aromatic heterocycles. The highest BCUT2D eigenvalue weighted by atomic mass is 35.5. The first-order chi connectivity index (χ1) is 10.5. The van der Waals surface area contributed by atoms with E-state index in [2.05, 4.69) is 22.0 Å². The number of likely N-dealkylation sites (tertiary alicyclic amines) is 1. The Morgan fingerprint density at radius 1 is 1.41 bits per heavy atom. The highest BCUT2D eigenvalue weighted by molar-refractivity contribution is 6.30. The highest BCUT2D eigenvalue weighted by Crippen LogP contribution is 2.34. The molecular weight excluding hydrogens is 303 g/mol. The van der Waals surface area contributed by atoms with E-state index in [4.69, 9.17) is 11.6 Å². The van der Waals surface area contributed by atoms with E-state index in [0.717, 1.165) is 43.7 Å². The fourth-order valence-corrected chi connectivity index (χ4v) is 3.38. The van der Waals surface area contributed by atoms with Gasteiger partial charge in [0.25, 0.3) is 0 Å². The summed E-state index contributed by atoms with van der Waals surface area (Å²) in [5.74, 6) is 0.607. The smallest absolute Gasteiger partial charge is 0.146 e. The second kappa shape index (κ2) is 5.97. The molecule has 1 aromatic carbocycles. The predicted molar refractivity (Wildman–Crippen MR) is 84.2 cm³/mol. The van der Waals surface area contributed by atoms with Crippen LogP contribution in [0.15, 0.2) is 24.5 Å². The van der Waals surface area contributed by atoms with Gasteiger partial charge in [0, 0.05) is 12.6 Å². The summed E-state index contributed by atoms with van der Waals surface area (Å²) in [5.41, 5.74) is 0.987. The van der Waals surface area contributed by atoms with E-state index in [1.807, 2.05) is 17.7 Å². The number of aryl methyl sites for hydroxylation is 1. The maximum Gasteiger partial charge on any atom is 0.146 e. The molecular formula is C16H20ClFN4. The van der Waals surface area contributed by atoms with Crippen LogP contribution >= 0.6 is 11.6 Å². The van der Waals surface area contributed by atoms with Gasteiger partial charge in [-0.1, -0.05) is 17.7 Å². The highest BCUT2D eigenvalue weighted by Gasteiger charge is 2.37. The van der Waals surface area contributed by atoms with E-state index in [9.17, 15) is 4.39 Å². The van der Waals surface area contributed by atoms with Crippen LogP contribution in [0.1, 0.15) is 31.2 Å². The quantitative estimate of drug-likeness (QED) is 0.867. The van der Waals surface area contributed by atoms with Gasteiger partial charge in [0.05, 0.1) is 11.6 Å². The molecule has 1 aliphatic heterocycles. The number of rotatable bonds is 4. The minimum absolute atomic E-state index is 0.00617. The monoisotopic (exact) mass is 322 g/mol. The Labute approximate surface area is 134 Å². The summed E-state index contributed by atoms with van der Waals surface area (Å²) in [5, 5.41) is 8.29. The van der Waals surface area contributed by atoms with Crippen molar-refractivity contribution in [2.75, 3.05) is 6.54 Å². The van der Waals surface area contributed by atoms with Crippen LogP contribution in [0.25, 0.3) is 0 Å². The Kier molecular flexibility index (Phi) is 4.19. The SMILES string of the molecule is Cn1cnnc1CN1CCCC1(C)Cc1ccc(Cl)c(F)c1.